The summed E-state index contributed by atoms with van der Waals surface area (Å²) in [5.74, 6) is 0. The zero-order valence-corrected chi connectivity index (χ0v) is 82.6. The molecule has 23 aromatic carbocycles. The van der Waals surface area contributed by atoms with E-state index in [-0.39, 0.29) is 5.41 Å². The van der Waals surface area contributed by atoms with E-state index >= 15 is 0 Å². The highest BCUT2D eigenvalue weighted by molar-refractivity contribution is 7.26. The summed E-state index contributed by atoms with van der Waals surface area (Å²) < 4.78 is 15.7. The Labute approximate surface area is 868 Å². The number of anilines is 9. The van der Waals surface area contributed by atoms with E-state index in [1.54, 1.807) is 0 Å². The Morgan fingerprint density at radius 1 is 0.174 bits per heavy atom. The first kappa shape index (κ1) is 85.8. The maximum atomic E-state index is 6.56. The molecule has 0 saturated carbocycles. The second-order valence-corrected chi connectivity index (χ2v) is 41.7. The molecule has 3 aromatic heterocycles. The molecule has 0 bridgehead atoms. The number of para-hydroxylation sites is 3. The summed E-state index contributed by atoms with van der Waals surface area (Å²) in [5.41, 5.74) is 49.7. The van der Waals surface area contributed by atoms with E-state index in [4.69, 9.17) is 8.83 Å². The van der Waals surface area contributed by atoms with Crippen molar-refractivity contribution in [3.63, 3.8) is 0 Å². The van der Waals surface area contributed by atoms with E-state index in [9.17, 15) is 0 Å². The third-order valence-corrected chi connectivity index (χ3v) is 33.7. The van der Waals surface area contributed by atoms with Gasteiger partial charge in [0, 0.05) is 104 Å². The topological polar surface area (TPSA) is 36.0 Å². The lowest BCUT2D eigenvalue weighted by Crippen LogP contribution is -2.26. The van der Waals surface area contributed by atoms with E-state index in [0.717, 1.165) is 101 Å². The van der Waals surface area contributed by atoms with E-state index in [1.165, 1.54) is 181 Å². The molecule has 2 unspecified atom stereocenters. The first-order chi connectivity index (χ1) is 73.6. The summed E-state index contributed by atoms with van der Waals surface area (Å²) in [5, 5.41) is 7.22. The highest BCUT2D eigenvalue weighted by Crippen LogP contribution is 2.69. The van der Waals surface area contributed by atoms with Crippen molar-refractivity contribution >= 4 is 127 Å². The van der Waals surface area contributed by atoms with Gasteiger partial charge in [0.15, 0.2) is 0 Å². The van der Waals surface area contributed by atoms with Crippen LogP contribution < -0.4 is 14.7 Å². The van der Waals surface area contributed by atoms with Gasteiger partial charge in [-0.25, -0.2) is 0 Å². The van der Waals surface area contributed by atoms with Gasteiger partial charge in [-0.1, -0.05) is 402 Å². The Morgan fingerprint density at radius 2 is 0.483 bits per heavy atom. The molecule has 0 saturated heterocycles. The van der Waals surface area contributed by atoms with Crippen LogP contribution in [0.25, 0.3) is 175 Å². The molecular formula is C143H93N3O2S. The van der Waals surface area contributed by atoms with Crippen molar-refractivity contribution in [1.29, 1.82) is 0 Å². The summed E-state index contributed by atoms with van der Waals surface area (Å²) in [6.45, 7) is 4.73. The maximum absolute atomic E-state index is 6.56. The van der Waals surface area contributed by atoms with Gasteiger partial charge < -0.3 is 23.5 Å². The van der Waals surface area contributed by atoms with Crippen molar-refractivity contribution in [2.45, 2.75) is 30.1 Å². The van der Waals surface area contributed by atoms with Crippen molar-refractivity contribution in [2.24, 2.45) is 0 Å². The van der Waals surface area contributed by atoms with Crippen molar-refractivity contribution < 1.29 is 8.83 Å². The van der Waals surface area contributed by atoms with E-state index in [1.807, 2.05) is 17.4 Å². The normalized spacial score (nSPS) is 14.6. The number of furan rings is 2. The first-order valence-electron chi connectivity index (χ1n) is 51.5. The van der Waals surface area contributed by atoms with Gasteiger partial charge in [0.2, 0.25) is 0 Å². The molecule has 31 rings (SSSR count). The van der Waals surface area contributed by atoms with E-state index in [0.29, 0.717) is 0 Å². The van der Waals surface area contributed by atoms with Crippen LogP contribution in [0.2, 0.25) is 0 Å². The fourth-order valence-electron chi connectivity index (χ4n) is 26.0. The van der Waals surface area contributed by atoms with Crippen LogP contribution >= 0.6 is 11.3 Å². The minimum Gasteiger partial charge on any atom is -0.456 e. The molecule has 5 nitrogen and oxygen atoms in total. The van der Waals surface area contributed by atoms with Gasteiger partial charge in [0.05, 0.1) is 10.8 Å². The van der Waals surface area contributed by atoms with Crippen LogP contribution in [0.5, 0.6) is 0 Å². The fourth-order valence-corrected chi connectivity index (χ4v) is 27.1. The van der Waals surface area contributed by atoms with Crippen LogP contribution in [-0.2, 0) is 16.2 Å². The predicted octanol–water partition coefficient (Wildman–Crippen LogP) is 39.3. The highest BCUT2D eigenvalue weighted by atomic mass is 32.1. The van der Waals surface area contributed by atoms with Gasteiger partial charge in [0.1, 0.15) is 22.3 Å². The summed E-state index contributed by atoms with van der Waals surface area (Å²) >= 11 is 1.89. The number of fused-ring (bicyclic) bond motifs is 34. The van der Waals surface area contributed by atoms with Crippen LogP contribution in [-0.4, -0.2) is 0 Å². The Bertz CT molecular complexity index is 9750. The largest absolute Gasteiger partial charge is 0.456 e. The maximum Gasteiger partial charge on any atom is 0.143 e. The van der Waals surface area contributed by atoms with Gasteiger partial charge in [-0.3, -0.25) is 0 Å². The molecule has 0 N–H and O–H groups in total. The van der Waals surface area contributed by atoms with Crippen LogP contribution in [0.4, 0.5) is 51.2 Å². The van der Waals surface area contributed by atoms with Gasteiger partial charge in [0.25, 0.3) is 0 Å². The van der Waals surface area contributed by atoms with Crippen LogP contribution in [0.1, 0.15) is 69.5 Å². The van der Waals surface area contributed by atoms with E-state index < -0.39 is 10.8 Å². The molecule has 149 heavy (non-hydrogen) atoms. The minimum absolute atomic E-state index is 0.160. The SMILES string of the molecule is CC1(C)c2ccccc2-c2ccc(N(c3ccc(-c4cccc5c4oc4ccccc45)cc3)c3ccc4c(c3)C3(c5ccccc5-4)c4ccccc4-c4c3ccc3oc5ccccc5c43)cc21.c1ccc(-c2ccc(N(c3ccc(-c4ccccc4)cc3)c3ccc4c(c3)C3(c5ccccc5-4)c4cc(N(c5ccc(-c6ccccc6)cc5)c5ccc(-c6ccccc6)cc5)ccc4-c4c3ccc3sc5ccccc5c43)cc2)cc1. The molecule has 0 fully saturated rings. The predicted molar refractivity (Wildman–Crippen MR) is 622 cm³/mol. The zero-order valence-electron chi connectivity index (χ0n) is 81.8. The third kappa shape index (κ3) is 13.1. The highest BCUT2D eigenvalue weighted by Gasteiger charge is 2.55. The molecule has 3 heterocycles. The number of hydrogen-bond donors (Lipinski definition) is 0. The Balaban J connectivity index is 0.000000140. The number of rotatable bonds is 14. The Kier molecular flexibility index (Phi) is 19.4. The van der Waals surface area contributed by atoms with Crippen molar-refractivity contribution in [2.75, 3.05) is 14.7 Å². The molecule has 698 valence electrons. The summed E-state index contributed by atoms with van der Waals surface area (Å²) in [6.07, 6.45) is 0. The number of benzene rings is 23. The molecule has 0 aliphatic heterocycles. The van der Waals surface area contributed by atoms with Crippen molar-refractivity contribution in [3.8, 4) is 111 Å². The van der Waals surface area contributed by atoms with Gasteiger partial charge in [-0.05, 0) is 301 Å². The number of nitrogens with zero attached hydrogens (tertiary/aromatic N) is 3. The molecule has 6 heteroatoms. The molecule has 26 aromatic rings. The monoisotopic (exact) mass is 1920 g/mol. The van der Waals surface area contributed by atoms with Gasteiger partial charge in [-0.2, -0.15) is 0 Å². The molecule has 0 radical (unpaired) electrons. The Morgan fingerprint density at radius 3 is 0.973 bits per heavy atom. The van der Waals surface area contributed by atoms with E-state index in [2.05, 4.69) is 550 Å². The van der Waals surface area contributed by atoms with Crippen LogP contribution in [0.3, 0.4) is 0 Å². The zero-order chi connectivity index (χ0) is 98.3. The first-order valence-corrected chi connectivity index (χ1v) is 52.4. The molecule has 2 spiro atoms. The number of thiophene rings is 1. The fraction of sp³-hybridized carbons (Fsp3) is 0.0350. The standard InChI is InChI=1S/C79H52N2S.C64H41NO2/c1-5-17-53(18-6-1)57-29-37-61(38-30-57)80(62-39-31-58(32-40-62)54-19-7-2-8-20-54)65-45-47-68-67-25-13-15-27-71(67)79(73(68)51-65)72-49-50-76-78(70-26-14-16-28-75(70)82-76)77(72)69-48-46-66(52-74(69)79)81(63-41-33-59(34-42-63)55-21-9-3-10-22-55)64-43-35-60(36-44-64)56-23-11-4-12-24-56;1-63(2)51-21-8-3-14-43(51)45-32-30-40(36-55(45)63)65(39-28-26-38(27-29-39)42-19-13-20-48-47-16-6-11-24-57(47)67-62(42)48)41-31-33-46-44-15-4-9-22-52(44)64(56(46)37-41)53-23-10-5-17-49(53)60-54(64)34-35-59-61(60)50-18-7-12-25-58(50)66-59/h1-52H;3-37H,1-2H3. The summed E-state index contributed by atoms with van der Waals surface area (Å²) in [7, 11) is 0. The second kappa shape index (κ2) is 33.7. The van der Waals surface area contributed by atoms with Gasteiger partial charge >= 0.3 is 0 Å². The second-order valence-electron chi connectivity index (χ2n) is 40.6. The average molecular weight is 1920 g/mol. The molecule has 0 amide bonds. The average Bonchev–Trinajstić information content (AvgIpc) is 1.50. The Hall–Kier alpha value is -18.7. The summed E-state index contributed by atoms with van der Waals surface area (Å²) in [6, 6.07) is 195. The van der Waals surface area contributed by atoms with Crippen molar-refractivity contribution in [3.05, 3.63) is 583 Å². The quantitative estimate of drug-likeness (QED) is 0.108. The third-order valence-electron chi connectivity index (χ3n) is 32.6. The molecule has 5 aliphatic carbocycles. The minimum atomic E-state index is -0.681. The smallest absolute Gasteiger partial charge is 0.143 e. The molecule has 2 atom stereocenters. The van der Waals surface area contributed by atoms with Crippen molar-refractivity contribution in [1.82, 2.24) is 0 Å². The van der Waals surface area contributed by atoms with Crippen LogP contribution in [0, 0.1) is 0 Å². The lowest BCUT2D eigenvalue weighted by Gasteiger charge is -2.33. The molecular weight excluding hydrogens is 1820 g/mol. The lowest BCUT2D eigenvalue weighted by atomic mass is 9.70. The summed E-state index contributed by atoms with van der Waals surface area (Å²) in [4.78, 5) is 7.37. The van der Waals surface area contributed by atoms with Crippen LogP contribution in [0.15, 0.2) is 537 Å². The molecule has 5 aliphatic rings. The number of hydrogen-bond acceptors (Lipinski definition) is 6. The van der Waals surface area contributed by atoms with Gasteiger partial charge in [-0.15, -0.1) is 11.3 Å². The lowest BCUT2D eigenvalue weighted by molar-refractivity contribution is 0.660.